The van der Waals surface area contributed by atoms with Crippen molar-refractivity contribution in [2.24, 2.45) is 5.92 Å². The van der Waals surface area contributed by atoms with Crippen LogP contribution in [-0.4, -0.2) is 57.2 Å². The SMILES string of the molecule is Cc1ccn(CC(=O)N2C[C@@H](c3cccc(F)c3F)[C@@H]3[C@H]2C2CCN3CC2)n1. The Balaban J connectivity index is 1.48. The molecule has 2 aromatic rings. The second kappa shape index (κ2) is 6.65. The topological polar surface area (TPSA) is 41.4 Å². The number of nitrogens with zero attached hydrogens (tertiary/aromatic N) is 4. The average molecular weight is 386 g/mol. The van der Waals surface area contributed by atoms with Gasteiger partial charge in [-0.25, -0.2) is 8.78 Å². The molecule has 0 aliphatic carbocycles. The minimum Gasteiger partial charge on any atom is -0.336 e. The Morgan fingerprint density at radius 1 is 1.18 bits per heavy atom. The molecule has 4 fully saturated rings. The molecule has 0 unspecified atom stereocenters. The van der Waals surface area contributed by atoms with Crippen LogP contribution in [0.4, 0.5) is 8.78 Å². The van der Waals surface area contributed by atoms with Crippen LogP contribution in [-0.2, 0) is 11.3 Å². The maximum Gasteiger partial charge on any atom is 0.244 e. The van der Waals surface area contributed by atoms with Gasteiger partial charge < -0.3 is 4.90 Å². The summed E-state index contributed by atoms with van der Waals surface area (Å²) in [6.07, 6.45) is 3.93. The van der Waals surface area contributed by atoms with Crippen molar-refractivity contribution in [3.05, 3.63) is 53.4 Å². The number of aromatic nitrogens is 2. The van der Waals surface area contributed by atoms with Crippen LogP contribution in [0.2, 0.25) is 0 Å². The molecule has 6 rings (SSSR count). The first-order chi connectivity index (χ1) is 13.5. The van der Waals surface area contributed by atoms with Gasteiger partial charge in [-0.15, -0.1) is 0 Å². The summed E-state index contributed by atoms with van der Waals surface area (Å²) in [6.45, 7) is 4.45. The van der Waals surface area contributed by atoms with Gasteiger partial charge in [0.05, 0.1) is 11.7 Å². The van der Waals surface area contributed by atoms with Crippen LogP contribution < -0.4 is 0 Å². The third-order valence-electron chi connectivity index (χ3n) is 6.77. The van der Waals surface area contributed by atoms with Gasteiger partial charge in [-0.2, -0.15) is 5.10 Å². The van der Waals surface area contributed by atoms with Gasteiger partial charge in [0.15, 0.2) is 11.6 Å². The first-order valence-corrected chi connectivity index (χ1v) is 10.0. The number of carbonyl (C=O) groups excluding carboxylic acids is 1. The molecule has 7 heteroatoms. The van der Waals surface area contributed by atoms with Gasteiger partial charge in [0.2, 0.25) is 5.91 Å². The van der Waals surface area contributed by atoms with E-state index in [1.165, 1.54) is 0 Å². The summed E-state index contributed by atoms with van der Waals surface area (Å²) in [4.78, 5) is 17.5. The van der Waals surface area contributed by atoms with Crippen molar-refractivity contribution >= 4 is 5.91 Å². The van der Waals surface area contributed by atoms with Gasteiger partial charge in [0.25, 0.3) is 0 Å². The molecule has 1 amide bonds. The Hall–Kier alpha value is -2.28. The number of rotatable bonds is 3. The van der Waals surface area contributed by atoms with E-state index in [9.17, 15) is 13.6 Å². The number of carbonyl (C=O) groups is 1. The van der Waals surface area contributed by atoms with Crippen LogP contribution in [0, 0.1) is 24.5 Å². The molecular weight excluding hydrogens is 362 g/mol. The number of aryl methyl sites for hydroxylation is 1. The lowest BCUT2D eigenvalue weighted by Gasteiger charge is -2.51. The van der Waals surface area contributed by atoms with E-state index >= 15 is 0 Å². The minimum absolute atomic E-state index is 0.00570. The highest BCUT2D eigenvalue weighted by molar-refractivity contribution is 5.77. The van der Waals surface area contributed by atoms with Gasteiger partial charge in [-0.3, -0.25) is 14.4 Å². The first kappa shape index (κ1) is 17.8. The maximum atomic E-state index is 14.6. The fourth-order valence-electron chi connectivity index (χ4n) is 5.56. The zero-order chi connectivity index (χ0) is 19.4. The van der Waals surface area contributed by atoms with Crippen molar-refractivity contribution in [3.8, 4) is 0 Å². The summed E-state index contributed by atoms with van der Waals surface area (Å²) in [5, 5.41) is 4.33. The van der Waals surface area contributed by atoms with E-state index in [2.05, 4.69) is 10.00 Å². The Morgan fingerprint density at radius 2 is 1.96 bits per heavy atom. The molecule has 3 atom stereocenters. The van der Waals surface area contributed by atoms with Gasteiger partial charge in [0.1, 0.15) is 6.54 Å². The van der Waals surface area contributed by atoms with E-state index in [4.69, 9.17) is 0 Å². The van der Waals surface area contributed by atoms with E-state index in [-0.39, 0.29) is 30.5 Å². The number of likely N-dealkylation sites (tertiary alicyclic amines) is 1. The summed E-state index contributed by atoms with van der Waals surface area (Å²) in [7, 11) is 0. The number of hydrogen-bond donors (Lipinski definition) is 0. The molecule has 2 bridgehead atoms. The summed E-state index contributed by atoms with van der Waals surface area (Å²) < 4.78 is 30.2. The number of piperidine rings is 3. The molecule has 28 heavy (non-hydrogen) atoms. The Labute approximate surface area is 162 Å². The number of fused-ring (bicyclic) bond motifs is 2. The first-order valence-electron chi connectivity index (χ1n) is 10.0. The van der Waals surface area contributed by atoms with Gasteiger partial charge in [0, 0.05) is 24.7 Å². The normalized spacial score (nSPS) is 31.2. The molecule has 4 aliphatic rings. The van der Waals surface area contributed by atoms with Crippen LogP contribution in [0.5, 0.6) is 0 Å². The van der Waals surface area contributed by atoms with Crippen LogP contribution in [0.3, 0.4) is 0 Å². The van der Waals surface area contributed by atoms with Crippen LogP contribution in [0.15, 0.2) is 30.5 Å². The van der Waals surface area contributed by atoms with Crippen molar-refractivity contribution in [3.63, 3.8) is 0 Å². The maximum absolute atomic E-state index is 14.6. The summed E-state index contributed by atoms with van der Waals surface area (Å²) in [5.74, 6) is -1.36. The highest BCUT2D eigenvalue weighted by Crippen LogP contribution is 2.47. The lowest BCUT2D eigenvalue weighted by molar-refractivity contribution is -0.136. The molecule has 4 aliphatic heterocycles. The third kappa shape index (κ3) is 2.75. The lowest BCUT2D eigenvalue weighted by atomic mass is 9.75. The van der Waals surface area contributed by atoms with Crippen molar-refractivity contribution in [2.75, 3.05) is 19.6 Å². The molecular formula is C21H24F2N4O. The molecule has 0 saturated carbocycles. The largest absolute Gasteiger partial charge is 0.336 e. The van der Waals surface area contributed by atoms with E-state index in [0.717, 1.165) is 37.7 Å². The van der Waals surface area contributed by atoms with Crippen molar-refractivity contribution < 1.29 is 13.6 Å². The van der Waals surface area contributed by atoms with Crippen molar-refractivity contribution in [1.82, 2.24) is 19.6 Å². The Kier molecular flexibility index (Phi) is 4.23. The zero-order valence-corrected chi connectivity index (χ0v) is 15.9. The summed E-state index contributed by atoms with van der Waals surface area (Å²) in [6, 6.07) is 6.40. The standard InChI is InChI=1S/C21H24F2N4O/c1-13-5-10-26(24-13)12-18(28)27-11-16(15-3-2-4-17(22)19(15)23)21-20(27)14-6-8-25(21)9-7-14/h2-5,10,14,16,20-21H,6-9,11-12H2,1H3/t16-,20+,21+/m0/s1. The molecule has 148 valence electrons. The molecule has 0 N–H and O–H groups in total. The highest BCUT2D eigenvalue weighted by atomic mass is 19.2. The van der Waals surface area contributed by atoms with E-state index in [1.54, 1.807) is 23.0 Å². The molecule has 5 heterocycles. The van der Waals surface area contributed by atoms with Gasteiger partial charge >= 0.3 is 0 Å². The fraction of sp³-hybridized carbons (Fsp3) is 0.524. The lowest BCUT2D eigenvalue weighted by Crippen LogP contribution is -2.61. The second-order valence-corrected chi connectivity index (χ2v) is 8.30. The molecule has 0 radical (unpaired) electrons. The quantitative estimate of drug-likeness (QED) is 0.814. The Bertz CT molecular complexity index is 906. The van der Waals surface area contributed by atoms with Crippen molar-refractivity contribution in [2.45, 2.75) is 44.3 Å². The van der Waals surface area contributed by atoms with E-state index < -0.39 is 11.6 Å². The average Bonchev–Trinajstić information content (AvgIpc) is 3.30. The summed E-state index contributed by atoms with van der Waals surface area (Å²) >= 11 is 0. The minimum atomic E-state index is -0.818. The van der Waals surface area contributed by atoms with Crippen LogP contribution in [0.1, 0.15) is 30.0 Å². The highest BCUT2D eigenvalue weighted by Gasteiger charge is 2.55. The Morgan fingerprint density at radius 3 is 2.68 bits per heavy atom. The molecule has 1 aromatic carbocycles. The second-order valence-electron chi connectivity index (χ2n) is 8.30. The zero-order valence-electron chi connectivity index (χ0n) is 15.9. The van der Waals surface area contributed by atoms with Crippen LogP contribution >= 0.6 is 0 Å². The molecule has 5 nitrogen and oxygen atoms in total. The third-order valence-corrected chi connectivity index (χ3v) is 6.77. The number of amides is 1. The van der Waals surface area contributed by atoms with Crippen LogP contribution in [0.25, 0.3) is 0 Å². The van der Waals surface area contributed by atoms with Gasteiger partial charge in [-0.05, 0) is 56.5 Å². The summed E-state index contributed by atoms with van der Waals surface area (Å²) in [5.41, 5.74) is 1.27. The number of benzene rings is 1. The van der Waals surface area contributed by atoms with E-state index in [0.29, 0.717) is 18.0 Å². The predicted molar refractivity (Wildman–Crippen MR) is 99.6 cm³/mol. The van der Waals surface area contributed by atoms with Crippen molar-refractivity contribution in [1.29, 1.82) is 0 Å². The fourth-order valence-corrected chi connectivity index (χ4v) is 5.56. The predicted octanol–water partition coefficient (Wildman–Crippen LogP) is 2.56. The molecule has 0 spiro atoms. The van der Waals surface area contributed by atoms with Gasteiger partial charge in [-0.1, -0.05) is 12.1 Å². The number of halogens is 2. The van der Waals surface area contributed by atoms with E-state index in [1.807, 2.05) is 17.9 Å². The number of hydrogen-bond acceptors (Lipinski definition) is 3. The smallest absolute Gasteiger partial charge is 0.244 e. The molecule has 4 saturated heterocycles. The molecule has 1 aromatic heterocycles. The monoisotopic (exact) mass is 386 g/mol.